The van der Waals surface area contributed by atoms with E-state index in [0.29, 0.717) is 16.4 Å². The number of benzene rings is 1. The Balaban J connectivity index is 2.28. The molecule has 0 aliphatic carbocycles. The third-order valence-corrected chi connectivity index (χ3v) is 3.51. The lowest BCUT2D eigenvalue weighted by Gasteiger charge is -2.13. The van der Waals surface area contributed by atoms with Crippen molar-refractivity contribution in [1.29, 1.82) is 0 Å². The summed E-state index contributed by atoms with van der Waals surface area (Å²) in [6, 6.07) is 7.46. The number of anilines is 2. The van der Waals surface area contributed by atoms with Gasteiger partial charge in [0.05, 0.1) is 10.6 Å². The molecule has 0 saturated heterocycles. The van der Waals surface area contributed by atoms with E-state index < -0.39 is 0 Å². The normalized spacial score (nSPS) is 10.3. The highest BCUT2D eigenvalue weighted by Gasteiger charge is 2.12. The van der Waals surface area contributed by atoms with Crippen LogP contribution in [-0.4, -0.2) is 10.9 Å². The molecule has 1 amide bonds. The summed E-state index contributed by atoms with van der Waals surface area (Å²) < 4.78 is 0. The lowest BCUT2D eigenvalue weighted by Crippen LogP contribution is -2.16. The second kappa shape index (κ2) is 6.56. The molecular weight excluding hydrogens is 288 g/mol. The Kier molecular flexibility index (Phi) is 4.77. The maximum atomic E-state index is 12.3. The largest absolute Gasteiger partial charge is 0.321 e. The third kappa shape index (κ3) is 3.32. The van der Waals surface area contributed by atoms with Crippen LogP contribution in [0.4, 0.5) is 11.5 Å². The molecule has 0 spiro atoms. The fraction of sp³-hybridized carbons (Fsp3) is 0.200. The average Bonchev–Trinajstić information content (AvgIpc) is 2.49. The zero-order valence-electron chi connectivity index (χ0n) is 11.9. The molecule has 2 rings (SSSR count). The van der Waals surface area contributed by atoms with Crippen LogP contribution in [0.2, 0.25) is 5.02 Å². The van der Waals surface area contributed by atoms with Gasteiger partial charge < -0.3 is 10.7 Å². The molecule has 110 valence electrons. The van der Waals surface area contributed by atoms with E-state index in [1.807, 2.05) is 32.0 Å². The van der Waals surface area contributed by atoms with E-state index in [0.717, 1.165) is 23.2 Å². The Morgan fingerprint density at radius 2 is 2.19 bits per heavy atom. The van der Waals surface area contributed by atoms with Gasteiger partial charge in [0.2, 0.25) is 0 Å². The highest BCUT2D eigenvalue weighted by Crippen LogP contribution is 2.23. The molecule has 0 saturated carbocycles. The van der Waals surface area contributed by atoms with Crippen molar-refractivity contribution in [2.75, 3.05) is 10.7 Å². The number of hydrogen-bond donors (Lipinski definition) is 3. The molecule has 1 aromatic carbocycles. The fourth-order valence-corrected chi connectivity index (χ4v) is 2.28. The first kappa shape index (κ1) is 15.3. The quantitative estimate of drug-likeness (QED) is 0.599. The van der Waals surface area contributed by atoms with Crippen LogP contribution >= 0.6 is 11.6 Å². The Hall–Kier alpha value is -2.11. The summed E-state index contributed by atoms with van der Waals surface area (Å²) in [7, 11) is 0. The maximum absolute atomic E-state index is 12.3. The smallest absolute Gasteiger partial charge is 0.257 e. The molecule has 0 fully saturated rings. The van der Waals surface area contributed by atoms with Crippen molar-refractivity contribution in [3.05, 3.63) is 52.2 Å². The van der Waals surface area contributed by atoms with E-state index in [1.54, 1.807) is 0 Å². The second-order valence-electron chi connectivity index (χ2n) is 4.62. The standard InChI is InChI=1S/C15H17ClN4O/c1-3-10-6-4-5-9(2)13(10)19-15(21)11-7-12(16)14(20-17)18-8-11/h4-8H,3,17H2,1-2H3,(H,18,20)(H,19,21). The summed E-state index contributed by atoms with van der Waals surface area (Å²) in [6.45, 7) is 4.01. The van der Waals surface area contributed by atoms with Crippen LogP contribution in [-0.2, 0) is 6.42 Å². The van der Waals surface area contributed by atoms with Gasteiger partial charge in [0, 0.05) is 11.9 Å². The van der Waals surface area contributed by atoms with E-state index in [-0.39, 0.29) is 5.91 Å². The van der Waals surface area contributed by atoms with Gasteiger partial charge in [-0.05, 0) is 30.5 Å². The van der Waals surface area contributed by atoms with Crippen LogP contribution in [0.1, 0.15) is 28.4 Å². The summed E-state index contributed by atoms with van der Waals surface area (Å²) in [6.07, 6.45) is 2.27. The van der Waals surface area contributed by atoms with E-state index >= 15 is 0 Å². The number of nitrogen functional groups attached to an aromatic ring is 1. The van der Waals surface area contributed by atoms with Crippen molar-refractivity contribution in [2.24, 2.45) is 5.84 Å². The number of pyridine rings is 1. The molecule has 5 nitrogen and oxygen atoms in total. The lowest BCUT2D eigenvalue weighted by atomic mass is 10.1. The van der Waals surface area contributed by atoms with Gasteiger partial charge in [-0.15, -0.1) is 0 Å². The number of carbonyl (C=O) groups excluding carboxylic acids is 1. The number of aromatic nitrogens is 1. The number of aryl methyl sites for hydroxylation is 2. The predicted octanol–water partition coefficient (Wildman–Crippen LogP) is 3.14. The van der Waals surface area contributed by atoms with Crippen molar-refractivity contribution >= 4 is 29.0 Å². The summed E-state index contributed by atoms with van der Waals surface area (Å²) >= 11 is 5.98. The van der Waals surface area contributed by atoms with Crippen LogP contribution in [0.25, 0.3) is 0 Å². The molecule has 0 atom stereocenters. The molecule has 1 heterocycles. The minimum atomic E-state index is -0.253. The van der Waals surface area contributed by atoms with Gasteiger partial charge in [-0.3, -0.25) is 4.79 Å². The number of nitrogens with two attached hydrogens (primary N) is 1. The number of carbonyl (C=O) groups is 1. The van der Waals surface area contributed by atoms with Gasteiger partial charge in [0.1, 0.15) is 0 Å². The minimum Gasteiger partial charge on any atom is -0.321 e. The number of halogens is 1. The molecular formula is C15H17ClN4O. The Morgan fingerprint density at radius 1 is 1.43 bits per heavy atom. The van der Waals surface area contributed by atoms with Crippen molar-refractivity contribution in [3.63, 3.8) is 0 Å². The van der Waals surface area contributed by atoms with Crippen LogP contribution in [0.3, 0.4) is 0 Å². The highest BCUT2D eigenvalue weighted by molar-refractivity contribution is 6.33. The van der Waals surface area contributed by atoms with Gasteiger partial charge in [-0.2, -0.15) is 0 Å². The third-order valence-electron chi connectivity index (χ3n) is 3.22. The first-order valence-electron chi connectivity index (χ1n) is 6.58. The molecule has 4 N–H and O–H groups in total. The van der Waals surface area contributed by atoms with E-state index in [4.69, 9.17) is 17.4 Å². The molecule has 1 aromatic heterocycles. The highest BCUT2D eigenvalue weighted by atomic mass is 35.5. The van der Waals surface area contributed by atoms with Crippen LogP contribution in [0.15, 0.2) is 30.5 Å². The Labute approximate surface area is 128 Å². The molecule has 0 bridgehead atoms. The van der Waals surface area contributed by atoms with E-state index in [9.17, 15) is 4.79 Å². The number of rotatable bonds is 4. The summed E-state index contributed by atoms with van der Waals surface area (Å²) in [5.74, 6) is 5.34. The molecule has 6 heteroatoms. The number of hydrogen-bond acceptors (Lipinski definition) is 4. The first-order valence-corrected chi connectivity index (χ1v) is 6.96. The maximum Gasteiger partial charge on any atom is 0.257 e. The topological polar surface area (TPSA) is 80.0 Å². The van der Waals surface area contributed by atoms with Crippen LogP contribution in [0, 0.1) is 6.92 Å². The summed E-state index contributed by atoms with van der Waals surface area (Å²) in [4.78, 5) is 16.3. The zero-order chi connectivity index (χ0) is 15.4. The van der Waals surface area contributed by atoms with Gasteiger partial charge in [-0.1, -0.05) is 36.7 Å². The molecule has 2 aromatic rings. The second-order valence-corrected chi connectivity index (χ2v) is 5.02. The monoisotopic (exact) mass is 304 g/mol. The van der Waals surface area contributed by atoms with Crippen molar-refractivity contribution in [2.45, 2.75) is 20.3 Å². The summed E-state index contributed by atoms with van der Waals surface area (Å²) in [5.41, 5.74) is 5.68. The molecule has 0 radical (unpaired) electrons. The van der Waals surface area contributed by atoms with Crippen LogP contribution < -0.4 is 16.6 Å². The van der Waals surface area contributed by atoms with Crippen LogP contribution in [0.5, 0.6) is 0 Å². The molecule has 0 aliphatic heterocycles. The van der Waals surface area contributed by atoms with Gasteiger partial charge in [0.25, 0.3) is 5.91 Å². The number of nitrogens with zero attached hydrogens (tertiary/aromatic N) is 1. The molecule has 21 heavy (non-hydrogen) atoms. The fourth-order valence-electron chi connectivity index (χ4n) is 2.06. The van der Waals surface area contributed by atoms with Gasteiger partial charge >= 0.3 is 0 Å². The molecule has 0 unspecified atom stereocenters. The minimum absolute atomic E-state index is 0.253. The summed E-state index contributed by atoms with van der Waals surface area (Å²) in [5, 5.41) is 3.22. The molecule has 0 aliphatic rings. The first-order chi connectivity index (χ1) is 10.1. The SMILES string of the molecule is CCc1cccc(C)c1NC(=O)c1cnc(NN)c(Cl)c1. The predicted molar refractivity (Wildman–Crippen MR) is 85.6 cm³/mol. The van der Waals surface area contributed by atoms with Gasteiger partial charge in [0.15, 0.2) is 5.82 Å². The lowest BCUT2D eigenvalue weighted by molar-refractivity contribution is 0.102. The number of para-hydroxylation sites is 1. The Bertz CT molecular complexity index is 673. The number of hydrazine groups is 1. The number of nitrogens with one attached hydrogen (secondary N) is 2. The Morgan fingerprint density at radius 3 is 2.81 bits per heavy atom. The van der Waals surface area contributed by atoms with Crippen molar-refractivity contribution in [3.8, 4) is 0 Å². The average molecular weight is 305 g/mol. The van der Waals surface area contributed by atoms with Gasteiger partial charge in [-0.25, -0.2) is 10.8 Å². The van der Waals surface area contributed by atoms with E-state index in [1.165, 1.54) is 12.3 Å². The van der Waals surface area contributed by atoms with Crippen molar-refractivity contribution in [1.82, 2.24) is 4.98 Å². The number of amides is 1. The van der Waals surface area contributed by atoms with E-state index in [2.05, 4.69) is 15.7 Å². The van der Waals surface area contributed by atoms with Crippen molar-refractivity contribution < 1.29 is 4.79 Å². The zero-order valence-corrected chi connectivity index (χ0v) is 12.7.